The van der Waals surface area contributed by atoms with Crippen LogP contribution < -0.4 is 0 Å². The lowest BCUT2D eigenvalue weighted by atomic mass is 10.1. The molecule has 0 radical (unpaired) electrons. The molecular formula is C13H21N3O4S. The van der Waals surface area contributed by atoms with Gasteiger partial charge in [0.1, 0.15) is 10.6 Å². The highest BCUT2D eigenvalue weighted by atomic mass is 32.2. The summed E-state index contributed by atoms with van der Waals surface area (Å²) in [5.41, 5.74) is -0.0371. The first-order chi connectivity index (χ1) is 9.64. The van der Waals surface area contributed by atoms with Crippen molar-refractivity contribution in [3.63, 3.8) is 0 Å². The molecule has 1 aliphatic heterocycles. The number of carboxylic acid groups (broad SMARTS) is 1. The Morgan fingerprint density at radius 2 is 2.00 bits per heavy atom. The lowest BCUT2D eigenvalue weighted by molar-refractivity contribution is 0.0686. The Kier molecular flexibility index (Phi) is 4.14. The van der Waals surface area contributed by atoms with Crippen LogP contribution in [0, 0.1) is 5.92 Å². The first-order valence-corrected chi connectivity index (χ1v) is 8.15. The minimum atomic E-state index is -3.65. The van der Waals surface area contributed by atoms with Gasteiger partial charge in [0, 0.05) is 32.4 Å². The molecule has 0 spiro atoms. The molecule has 0 bridgehead atoms. The zero-order valence-corrected chi connectivity index (χ0v) is 13.5. The predicted molar refractivity (Wildman–Crippen MR) is 77.8 cm³/mol. The molecule has 7 nitrogen and oxygen atoms in total. The van der Waals surface area contributed by atoms with Crippen LogP contribution in [0.4, 0.5) is 0 Å². The van der Waals surface area contributed by atoms with Crippen LogP contribution >= 0.6 is 0 Å². The number of nitrogens with zero attached hydrogens (tertiary/aromatic N) is 3. The molecule has 8 heteroatoms. The summed E-state index contributed by atoms with van der Waals surface area (Å²) in [6, 6.07) is 1.38. The van der Waals surface area contributed by atoms with Crippen molar-refractivity contribution in [2.24, 2.45) is 13.0 Å². The molecule has 1 N–H and O–H groups in total. The molecule has 0 aromatic carbocycles. The topological polar surface area (TPSA) is 82.9 Å². The maximum Gasteiger partial charge on any atom is 0.352 e. The fourth-order valence-electron chi connectivity index (χ4n) is 2.81. The van der Waals surface area contributed by atoms with Gasteiger partial charge in [-0.2, -0.15) is 4.31 Å². The molecule has 0 amide bonds. The van der Waals surface area contributed by atoms with Gasteiger partial charge in [0.15, 0.2) is 0 Å². The van der Waals surface area contributed by atoms with E-state index in [0.717, 1.165) is 0 Å². The smallest absolute Gasteiger partial charge is 0.352 e. The average Bonchev–Trinajstić information content (AvgIpc) is 2.93. The van der Waals surface area contributed by atoms with Gasteiger partial charge in [-0.3, -0.25) is 0 Å². The molecule has 2 unspecified atom stereocenters. The van der Waals surface area contributed by atoms with Crippen LogP contribution in [0.15, 0.2) is 17.2 Å². The van der Waals surface area contributed by atoms with Crippen molar-refractivity contribution in [1.82, 2.24) is 13.8 Å². The maximum atomic E-state index is 12.6. The fourth-order valence-corrected chi connectivity index (χ4v) is 4.44. The van der Waals surface area contributed by atoms with Crippen LogP contribution in [0.5, 0.6) is 0 Å². The third-order valence-electron chi connectivity index (χ3n) is 4.04. The zero-order valence-electron chi connectivity index (χ0n) is 12.6. The minimum Gasteiger partial charge on any atom is -0.477 e. The highest BCUT2D eigenvalue weighted by Gasteiger charge is 2.38. The lowest BCUT2D eigenvalue weighted by Crippen LogP contribution is -2.35. The van der Waals surface area contributed by atoms with Crippen molar-refractivity contribution in [3.8, 4) is 0 Å². The minimum absolute atomic E-state index is 0.0361. The number of hydrogen-bond donors (Lipinski definition) is 1. The number of sulfonamides is 1. The number of carboxylic acids is 1. The number of hydrogen-bond acceptors (Lipinski definition) is 4. The van der Waals surface area contributed by atoms with Gasteiger partial charge in [0.05, 0.1) is 0 Å². The van der Waals surface area contributed by atoms with E-state index in [-0.39, 0.29) is 22.5 Å². The van der Waals surface area contributed by atoms with Gasteiger partial charge in [-0.25, -0.2) is 13.2 Å². The number of aryl methyl sites for hydroxylation is 1. The van der Waals surface area contributed by atoms with E-state index in [1.807, 2.05) is 25.9 Å². The summed E-state index contributed by atoms with van der Waals surface area (Å²) in [4.78, 5) is 13.1. The van der Waals surface area contributed by atoms with Gasteiger partial charge < -0.3 is 14.6 Å². The monoisotopic (exact) mass is 315 g/mol. The van der Waals surface area contributed by atoms with E-state index in [0.29, 0.717) is 13.1 Å². The average molecular weight is 315 g/mol. The second-order valence-electron chi connectivity index (χ2n) is 5.81. The van der Waals surface area contributed by atoms with Gasteiger partial charge in [0.25, 0.3) is 0 Å². The summed E-state index contributed by atoms with van der Waals surface area (Å²) in [6.45, 7) is 2.89. The van der Waals surface area contributed by atoms with Crippen molar-refractivity contribution < 1.29 is 18.3 Å². The highest BCUT2D eigenvalue weighted by molar-refractivity contribution is 7.89. The second kappa shape index (κ2) is 5.43. The van der Waals surface area contributed by atoms with Gasteiger partial charge in [-0.15, -0.1) is 0 Å². The fraction of sp³-hybridized carbons (Fsp3) is 0.615. The Bertz CT molecular complexity index is 650. The quantitative estimate of drug-likeness (QED) is 0.864. The highest BCUT2D eigenvalue weighted by Crippen LogP contribution is 2.27. The van der Waals surface area contributed by atoms with Crippen molar-refractivity contribution in [1.29, 1.82) is 0 Å². The molecule has 1 saturated heterocycles. The van der Waals surface area contributed by atoms with E-state index in [4.69, 9.17) is 5.11 Å². The first kappa shape index (κ1) is 16.0. The Balaban J connectivity index is 2.31. The Morgan fingerprint density at radius 1 is 1.38 bits per heavy atom. The number of carbonyl (C=O) groups is 1. The SMILES string of the molecule is CC1CN(S(=O)(=O)c2cc(C(=O)O)n(C)c2)CC1N(C)C. The normalized spacial score (nSPS) is 23.9. The van der Waals surface area contributed by atoms with Gasteiger partial charge in [-0.1, -0.05) is 6.92 Å². The van der Waals surface area contributed by atoms with Crippen LogP contribution in [0.3, 0.4) is 0 Å². The predicted octanol–water partition coefficient (Wildman–Crippen LogP) is 0.294. The van der Waals surface area contributed by atoms with Gasteiger partial charge in [0.2, 0.25) is 10.0 Å². The van der Waals surface area contributed by atoms with Crippen LogP contribution in [0.1, 0.15) is 17.4 Å². The van der Waals surface area contributed by atoms with Crippen molar-refractivity contribution in [2.75, 3.05) is 27.2 Å². The summed E-state index contributed by atoms with van der Waals surface area (Å²) in [7, 11) is 1.74. The molecular weight excluding hydrogens is 294 g/mol. The largest absolute Gasteiger partial charge is 0.477 e. The van der Waals surface area contributed by atoms with Crippen LogP contribution in [-0.4, -0.2) is 66.5 Å². The molecule has 0 aliphatic carbocycles. The zero-order chi connectivity index (χ0) is 15.9. The van der Waals surface area contributed by atoms with Crippen molar-refractivity contribution in [3.05, 3.63) is 18.0 Å². The van der Waals surface area contributed by atoms with E-state index in [2.05, 4.69) is 0 Å². The van der Waals surface area contributed by atoms with E-state index in [1.54, 1.807) is 0 Å². The van der Waals surface area contributed by atoms with Crippen molar-refractivity contribution >= 4 is 16.0 Å². The Labute approximate surface area is 124 Å². The summed E-state index contributed by atoms with van der Waals surface area (Å²) in [6.07, 6.45) is 1.35. The van der Waals surface area contributed by atoms with Crippen molar-refractivity contribution in [2.45, 2.75) is 17.9 Å². The van der Waals surface area contributed by atoms with Crippen LogP contribution in [0.2, 0.25) is 0 Å². The molecule has 1 aliphatic rings. The molecule has 2 atom stereocenters. The number of likely N-dealkylation sites (N-methyl/N-ethyl adjacent to an activating group) is 1. The second-order valence-corrected chi connectivity index (χ2v) is 7.75. The number of aromatic nitrogens is 1. The third kappa shape index (κ3) is 2.83. The first-order valence-electron chi connectivity index (χ1n) is 6.71. The molecule has 2 rings (SSSR count). The van der Waals surface area contributed by atoms with Crippen LogP contribution in [0.25, 0.3) is 0 Å². The molecule has 0 saturated carbocycles. The maximum absolute atomic E-state index is 12.6. The molecule has 2 heterocycles. The van der Waals surface area contributed by atoms with E-state index >= 15 is 0 Å². The third-order valence-corrected chi connectivity index (χ3v) is 5.84. The summed E-state index contributed by atoms with van der Waals surface area (Å²) >= 11 is 0. The van der Waals surface area contributed by atoms with E-state index in [1.165, 1.54) is 28.2 Å². The molecule has 118 valence electrons. The van der Waals surface area contributed by atoms with Gasteiger partial charge in [-0.05, 0) is 26.1 Å². The lowest BCUT2D eigenvalue weighted by Gasteiger charge is -2.22. The van der Waals surface area contributed by atoms with Crippen LogP contribution in [-0.2, 0) is 17.1 Å². The summed E-state index contributed by atoms with van der Waals surface area (Å²) < 4.78 is 28.0. The molecule has 21 heavy (non-hydrogen) atoms. The molecule has 1 aromatic heterocycles. The number of rotatable bonds is 4. The summed E-state index contributed by atoms with van der Waals surface area (Å²) in [5, 5.41) is 9.03. The standard InChI is InChI=1S/C13H21N3O4S/c1-9-6-16(8-12(9)14(2)3)21(19,20)10-5-11(13(17)18)15(4)7-10/h5,7,9,12H,6,8H2,1-4H3,(H,17,18). The number of aromatic carboxylic acids is 1. The summed E-state index contributed by atoms with van der Waals surface area (Å²) in [5.74, 6) is -0.905. The Hall–Kier alpha value is -1.38. The van der Waals surface area contributed by atoms with E-state index < -0.39 is 16.0 Å². The van der Waals surface area contributed by atoms with E-state index in [9.17, 15) is 13.2 Å². The molecule has 1 aromatic rings. The Morgan fingerprint density at radius 3 is 2.43 bits per heavy atom. The molecule has 1 fully saturated rings. The van der Waals surface area contributed by atoms with Gasteiger partial charge >= 0.3 is 5.97 Å².